The van der Waals surface area contributed by atoms with E-state index in [1.54, 1.807) is 6.92 Å². The van der Waals surface area contributed by atoms with Crippen LogP contribution in [0.2, 0.25) is 0 Å². The lowest BCUT2D eigenvalue weighted by Gasteiger charge is -2.19. The summed E-state index contributed by atoms with van der Waals surface area (Å²) in [6.45, 7) is 1.67. The van der Waals surface area contributed by atoms with Crippen LogP contribution in [0.4, 0.5) is 0 Å². The van der Waals surface area contributed by atoms with E-state index in [0.717, 1.165) is 24.8 Å². The number of benzene rings is 2. The highest BCUT2D eigenvalue weighted by atomic mass is 16.3. The van der Waals surface area contributed by atoms with Gasteiger partial charge in [-0.2, -0.15) is 0 Å². The molecule has 1 atom stereocenters. The Balaban J connectivity index is 1.57. The molecule has 0 radical (unpaired) electrons. The highest BCUT2D eigenvalue weighted by Gasteiger charge is 2.24. The molecule has 2 heterocycles. The van der Waals surface area contributed by atoms with Gasteiger partial charge in [-0.1, -0.05) is 60.7 Å². The summed E-state index contributed by atoms with van der Waals surface area (Å²) in [6, 6.07) is 20.0. The minimum absolute atomic E-state index is 0.168. The van der Waals surface area contributed by atoms with Crippen molar-refractivity contribution >= 4 is 17.0 Å². The number of aromatic nitrogens is 2. The van der Waals surface area contributed by atoms with Crippen LogP contribution in [-0.2, 0) is 6.42 Å². The van der Waals surface area contributed by atoms with Crippen molar-refractivity contribution in [3.05, 3.63) is 99.8 Å². The summed E-state index contributed by atoms with van der Waals surface area (Å²) in [6.07, 6.45) is 3.88. The van der Waals surface area contributed by atoms with Crippen LogP contribution < -0.4 is 10.9 Å². The zero-order valence-electron chi connectivity index (χ0n) is 16.7. The van der Waals surface area contributed by atoms with Crippen molar-refractivity contribution in [1.29, 1.82) is 0 Å². The monoisotopic (exact) mass is 401 g/mol. The Labute approximate surface area is 174 Å². The summed E-state index contributed by atoms with van der Waals surface area (Å²) >= 11 is 0. The van der Waals surface area contributed by atoms with Crippen molar-refractivity contribution in [3.63, 3.8) is 0 Å². The molecule has 1 amide bonds. The van der Waals surface area contributed by atoms with Gasteiger partial charge in [0.05, 0.1) is 17.9 Å². The van der Waals surface area contributed by atoms with E-state index in [0.29, 0.717) is 5.76 Å². The van der Waals surface area contributed by atoms with Crippen molar-refractivity contribution < 1.29 is 9.21 Å². The average Bonchev–Trinajstić information content (AvgIpc) is 3.11. The second-order valence-electron chi connectivity index (χ2n) is 7.26. The van der Waals surface area contributed by atoms with E-state index in [9.17, 15) is 9.59 Å². The fraction of sp³-hybridized carbons (Fsp3) is 0.208. The van der Waals surface area contributed by atoms with Gasteiger partial charge in [0, 0.05) is 0 Å². The SMILES string of the molecule is Cc1oc2nc[nH]c(=O)c2c1C(=O)N[C@@H](CCCc1ccccc1)c1ccccc1. The second kappa shape index (κ2) is 8.78. The number of aryl methyl sites for hydroxylation is 2. The highest BCUT2D eigenvalue weighted by Crippen LogP contribution is 2.24. The van der Waals surface area contributed by atoms with E-state index < -0.39 is 0 Å². The van der Waals surface area contributed by atoms with Crippen LogP contribution in [0.5, 0.6) is 0 Å². The summed E-state index contributed by atoms with van der Waals surface area (Å²) in [5.74, 6) is 0.0427. The minimum Gasteiger partial charge on any atom is -0.442 e. The summed E-state index contributed by atoms with van der Waals surface area (Å²) < 4.78 is 5.54. The van der Waals surface area contributed by atoms with Crippen LogP contribution in [-0.4, -0.2) is 15.9 Å². The third-order valence-corrected chi connectivity index (χ3v) is 5.21. The maximum absolute atomic E-state index is 13.2. The van der Waals surface area contributed by atoms with Crippen LogP contribution in [0.3, 0.4) is 0 Å². The maximum atomic E-state index is 13.2. The zero-order valence-corrected chi connectivity index (χ0v) is 16.7. The molecular formula is C24H23N3O3. The van der Waals surface area contributed by atoms with Gasteiger partial charge in [0.15, 0.2) is 0 Å². The van der Waals surface area contributed by atoms with Gasteiger partial charge in [0.2, 0.25) is 5.71 Å². The van der Waals surface area contributed by atoms with Gasteiger partial charge in [-0.3, -0.25) is 9.59 Å². The first kappa shape index (κ1) is 19.6. The molecule has 0 aliphatic heterocycles. The molecule has 4 aromatic rings. The zero-order chi connectivity index (χ0) is 20.9. The van der Waals surface area contributed by atoms with Crippen molar-refractivity contribution in [2.75, 3.05) is 0 Å². The Kier molecular flexibility index (Phi) is 5.75. The normalized spacial score (nSPS) is 12.0. The summed E-state index contributed by atoms with van der Waals surface area (Å²) in [4.78, 5) is 32.0. The number of hydrogen-bond acceptors (Lipinski definition) is 4. The first-order chi connectivity index (χ1) is 14.6. The molecule has 0 bridgehead atoms. The number of H-pyrrole nitrogens is 1. The Morgan fingerprint density at radius 2 is 1.80 bits per heavy atom. The quantitative estimate of drug-likeness (QED) is 0.483. The molecule has 0 unspecified atom stereocenters. The molecule has 2 N–H and O–H groups in total. The fourth-order valence-electron chi connectivity index (χ4n) is 3.72. The van der Waals surface area contributed by atoms with Crippen LogP contribution in [0.25, 0.3) is 11.1 Å². The topological polar surface area (TPSA) is 88.0 Å². The first-order valence-electron chi connectivity index (χ1n) is 10.00. The van der Waals surface area contributed by atoms with Gasteiger partial charge in [-0.05, 0) is 37.3 Å². The summed E-state index contributed by atoms with van der Waals surface area (Å²) in [5, 5.41) is 3.29. The van der Waals surface area contributed by atoms with Crippen LogP contribution in [0.15, 0.2) is 76.2 Å². The Morgan fingerprint density at radius 3 is 2.53 bits per heavy atom. The number of furan rings is 1. The summed E-state index contributed by atoms with van der Waals surface area (Å²) in [7, 11) is 0. The van der Waals surface area contributed by atoms with Gasteiger partial charge < -0.3 is 14.7 Å². The number of aromatic amines is 1. The Hall–Kier alpha value is -3.67. The first-order valence-corrected chi connectivity index (χ1v) is 10.00. The third-order valence-electron chi connectivity index (χ3n) is 5.21. The lowest BCUT2D eigenvalue weighted by molar-refractivity contribution is 0.0934. The molecule has 0 fully saturated rings. The van der Waals surface area contributed by atoms with Crippen molar-refractivity contribution in [1.82, 2.24) is 15.3 Å². The largest absolute Gasteiger partial charge is 0.442 e. The van der Waals surface area contributed by atoms with E-state index in [1.165, 1.54) is 11.9 Å². The molecule has 0 aliphatic carbocycles. The Morgan fingerprint density at radius 1 is 1.10 bits per heavy atom. The number of rotatable bonds is 7. The maximum Gasteiger partial charge on any atom is 0.262 e. The molecule has 4 rings (SSSR count). The smallest absolute Gasteiger partial charge is 0.262 e. The molecule has 2 aromatic heterocycles. The van der Waals surface area contributed by atoms with E-state index in [-0.39, 0.29) is 34.2 Å². The van der Waals surface area contributed by atoms with Crippen LogP contribution >= 0.6 is 0 Å². The van der Waals surface area contributed by atoms with Crippen molar-refractivity contribution in [2.24, 2.45) is 0 Å². The number of nitrogens with one attached hydrogen (secondary N) is 2. The molecular weight excluding hydrogens is 378 g/mol. The average molecular weight is 401 g/mol. The van der Waals surface area contributed by atoms with Crippen LogP contribution in [0, 0.1) is 6.92 Å². The molecule has 0 saturated heterocycles. The third kappa shape index (κ3) is 4.17. The Bertz CT molecular complexity index is 1200. The van der Waals surface area contributed by atoms with Crippen molar-refractivity contribution in [3.8, 4) is 0 Å². The number of hydrogen-bond donors (Lipinski definition) is 2. The molecule has 2 aromatic carbocycles. The summed E-state index contributed by atoms with van der Waals surface area (Å²) in [5.41, 5.74) is 2.31. The minimum atomic E-state index is -0.387. The second-order valence-corrected chi connectivity index (χ2v) is 7.26. The lowest BCUT2D eigenvalue weighted by Crippen LogP contribution is -2.29. The van der Waals surface area contributed by atoms with Gasteiger partial charge in [-0.15, -0.1) is 0 Å². The standard InChI is InChI=1S/C24H23N3O3/c1-16-20(21-22(28)25-15-26-24(21)30-16)23(29)27-19(18-12-6-3-7-13-18)14-8-11-17-9-4-2-5-10-17/h2-7,9-10,12-13,15,19H,8,11,14H2,1H3,(H,27,29)(H,25,26,28)/t19-/m0/s1. The fourth-order valence-corrected chi connectivity index (χ4v) is 3.72. The van der Waals surface area contributed by atoms with Gasteiger partial charge in [-0.25, -0.2) is 4.98 Å². The van der Waals surface area contributed by atoms with Gasteiger partial charge in [0.1, 0.15) is 11.1 Å². The van der Waals surface area contributed by atoms with Gasteiger partial charge in [0.25, 0.3) is 11.5 Å². The number of amides is 1. The molecule has 152 valence electrons. The molecule has 0 saturated carbocycles. The van der Waals surface area contributed by atoms with E-state index in [4.69, 9.17) is 4.42 Å². The van der Waals surface area contributed by atoms with Crippen LogP contribution in [0.1, 0.15) is 46.1 Å². The predicted molar refractivity (Wildman–Crippen MR) is 115 cm³/mol. The highest BCUT2D eigenvalue weighted by molar-refractivity contribution is 6.06. The number of fused-ring (bicyclic) bond motifs is 1. The molecule has 0 aliphatic rings. The van der Waals surface area contributed by atoms with Crippen molar-refractivity contribution in [2.45, 2.75) is 32.2 Å². The predicted octanol–water partition coefficient (Wildman–Crippen LogP) is 4.32. The lowest BCUT2D eigenvalue weighted by atomic mass is 9.98. The van der Waals surface area contributed by atoms with E-state index >= 15 is 0 Å². The molecule has 30 heavy (non-hydrogen) atoms. The number of carbonyl (C=O) groups is 1. The number of carbonyl (C=O) groups excluding carboxylic acids is 1. The molecule has 0 spiro atoms. The van der Waals surface area contributed by atoms with E-state index in [1.807, 2.05) is 48.5 Å². The molecule has 6 nitrogen and oxygen atoms in total. The number of nitrogens with zero attached hydrogens (tertiary/aromatic N) is 1. The molecule has 6 heteroatoms. The van der Waals surface area contributed by atoms with Gasteiger partial charge >= 0.3 is 0 Å². The van der Waals surface area contributed by atoms with E-state index in [2.05, 4.69) is 27.4 Å².